The first-order chi connectivity index (χ1) is 19.5. The van der Waals surface area contributed by atoms with Gasteiger partial charge in [0.1, 0.15) is 0 Å². The first-order valence-electron chi connectivity index (χ1n) is 12.5. The number of halogens is 3. The number of nitrogens with two attached hydrogens (primary N) is 1. The minimum atomic E-state index is -4.48. The van der Waals surface area contributed by atoms with E-state index in [0.717, 1.165) is 17.7 Å². The van der Waals surface area contributed by atoms with Gasteiger partial charge in [0.15, 0.2) is 11.5 Å². The van der Waals surface area contributed by atoms with E-state index in [1.807, 2.05) is 0 Å². The lowest BCUT2D eigenvalue weighted by Gasteiger charge is -2.19. The molecule has 0 aromatic heterocycles. The van der Waals surface area contributed by atoms with Crippen LogP contribution in [0.4, 0.5) is 24.5 Å². The molecule has 7 nitrogen and oxygen atoms in total. The molecule has 4 rings (SSSR count). The lowest BCUT2D eigenvalue weighted by atomic mass is 9.93. The SMILES string of the molecule is COc1cc(C(=O)NCc2ccc(C(=O)Nc3ccccc3N)cc2)c(C)c(-c2ccc(C(F)(F)F)cc2)c1OC. The maximum absolute atomic E-state index is 13.3. The van der Waals surface area contributed by atoms with Gasteiger partial charge in [-0.05, 0) is 66.1 Å². The number of methoxy groups -OCH3 is 2. The number of ether oxygens (including phenoxy) is 2. The highest BCUT2D eigenvalue weighted by atomic mass is 19.4. The number of alkyl halides is 3. The molecule has 0 saturated carbocycles. The molecule has 4 N–H and O–H groups in total. The quantitative estimate of drug-likeness (QED) is 0.214. The zero-order valence-electron chi connectivity index (χ0n) is 22.6. The van der Waals surface area contributed by atoms with Crippen LogP contribution in [0.5, 0.6) is 11.5 Å². The number of anilines is 2. The Morgan fingerprint density at radius 1 is 0.878 bits per heavy atom. The van der Waals surface area contributed by atoms with Crippen molar-refractivity contribution in [3.63, 3.8) is 0 Å². The minimum absolute atomic E-state index is 0.162. The van der Waals surface area contributed by atoms with Gasteiger partial charge in [-0.15, -0.1) is 0 Å². The van der Waals surface area contributed by atoms with Crippen LogP contribution in [0.1, 0.15) is 37.4 Å². The largest absolute Gasteiger partial charge is 0.493 e. The molecular formula is C31H28F3N3O4. The Labute approximate surface area is 235 Å². The highest BCUT2D eigenvalue weighted by Crippen LogP contribution is 2.43. The Balaban J connectivity index is 1.53. The monoisotopic (exact) mass is 563 g/mol. The summed E-state index contributed by atoms with van der Waals surface area (Å²) in [5, 5.41) is 5.61. The van der Waals surface area contributed by atoms with Crippen LogP contribution in [0.25, 0.3) is 11.1 Å². The van der Waals surface area contributed by atoms with Gasteiger partial charge in [-0.3, -0.25) is 9.59 Å². The van der Waals surface area contributed by atoms with Gasteiger partial charge in [0.25, 0.3) is 11.8 Å². The van der Waals surface area contributed by atoms with E-state index < -0.39 is 17.6 Å². The third-order valence-electron chi connectivity index (χ3n) is 6.55. The molecule has 0 fully saturated rings. The smallest absolute Gasteiger partial charge is 0.416 e. The number of rotatable bonds is 8. The van der Waals surface area contributed by atoms with Crippen molar-refractivity contribution in [3.05, 3.63) is 107 Å². The van der Waals surface area contributed by atoms with Crippen LogP contribution in [0.2, 0.25) is 0 Å². The number of carbonyl (C=O) groups is 2. The van der Waals surface area contributed by atoms with Crippen LogP contribution >= 0.6 is 0 Å². The van der Waals surface area contributed by atoms with Gasteiger partial charge < -0.3 is 25.8 Å². The van der Waals surface area contributed by atoms with Gasteiger partial charge in [0.2, 0.25) is 0 Å². The van der Waals surface area contributed by atoms with E-state index >= 15 is 0 Å². The van der Waals surface area contributed by atoms with Crippen LogP contribution in [0.15, 0.2) is 78.9 Å². The molecule has 4 aromatic rings. The molecule has 41 heavy (non-hydrogen) atoms. The number of hydrogen-bond donors (Lipinski definition) is 3. The second-order valence-corrected chi connectivity index (χ2v) is 9.16. The topological polar surface area (TPSA) is 103 Å². The van der Waals surface area contributed by atoms with E-state index in [1.165, 1.54) is 32.4 Å². The molecule has 0 aliphatic heterocycles. The van der Waals surface area contributed by atoms with Gasteiger partial charge in [0.05, 0.1) is 31.2 Å². The number of nitrogen functional groups attached to an aromatic ring is 1. The highest BCUT2D eigenvalue weighted by Gasteiger charge is 2.30. The van der Waals surface area contributed by atoms with E-state index in [-0.39, 0.29) is 23.8 Å². The van der Waals surface area contributed by atoms with Crippen LogP contribution < -0.4 is 25.8 Å². The molecule has 10 heteroatoms. The molecule has 0 saturated heterocycles. The van der Waals surface area contributed by atoms with Crippen LogP contribution in [0.3, 0.4) is 0 Å². The number of nitrogens with one attached hydrogen (secondary N) is 2. The average molecular weight is 564 g/mol. The Bertz CT molecular complexity index is 1570. The zero-order chi connectivity index (χ0) is 29.7. The molecule has 0 atom stereocenters. The molecular weight excluding hydrogens is 535 g/mol. The summed E-state index contributed by atoms with van der Waals surface area (Å²) in [5.74, 6) is -0.187. The summed E-state index contributed by atoms with van der Waals surface area (Å²) >= 11 is 0. The summed E-state index contributed by atoms with van der Waals surface area (Å²) in [4.78, 5) is 25.8. The van der Waals surface area contributed by atoms with Crippen molar-refractivity contribution in [1.82, 2.24) is 5.32 Å². The van der Waals surface area contributed by atoms with Crippen molar-refractivity contribution < 1.29 is 32.2 Å². The number of amides is 2. The number of para-hydroxylation sites is 2. The summed E-state index contributed by atoms with van der Waals surface area (Å²) in [7, 11) is 2.83. The second kappa shape index (κ2) is 12.0. The summed E-state index contributed by atoms with van der Waals surface area (Å²) in [6, 6.07) is 19.8. The van der Waals surface area contributed by atoms with Crippen molar-refractivity contribution in [2.45, 2.75) is 19.6 Å². The van der Waals surface area contributed by atoms with Crippen LogP contribution in [0, 0.1) is 6.92 Å². The van der Waals surface area contributed by atoms with Crippen molar-refractivity contribution in [1.29, 1.82) is 0 Å². The van der Waals surface area contributed by atoms with E-state index in [4.69, 9.17) is 15.2 Å². The molecule has 0 bridgehead atoms. The number of carbonyl (C=O) groups excluding carboxylic acids is 2. The standard InChI is InChI=1S/C31H28F3N3O4/c1-18-23(16-26(40-2)28(41-3)27(18)20-12-14-22(15-13-20)31(32,33)34)30(39)36-17-19-8-10-21(11-9-19)29(38)37-25-7-5-4-6-24(25)35/h4-16H,17,35H2,1-3H3,(H,36,39)(H,37,38). The highest BCUT2D eigenvalue weighted by molar-refractivity contribution is 6.05. The fraction of sp³-hybridized carbons (Fsp3) is 0.161. The Morgan fingerprint density at radius 2 is 1.54 bits per heavy atom. The van der Waals surface area contributed by atoms with Crippen LogP contribution in [-0.2, 0) is 12.7 Å². The molecule has 2 amide bonds. The minimum Gasteiger partial charge on any atom is -0.493 e. The molecule has 0 heterocycles. The average Bonchev–Trinajstić information content (AvgIpc) is 2.96. The summed E-state index contributed by atoms with van der Waals surface area (Å²) < 4.78 is 50.3. The predicted octanol–water partition coefficient (Wildman–Crippen LogP) is 6.46. The van der Waals surface area contributed by atoms with Gasteiger partial charge in [-0.1, -0.05) is 36.4 Å². The summed E-state index contributed by atoms with van der Waals surface area (Å²) in [6.07, 6.45) is -4.48. The van der Waals surface area contributed by atoms with Crippen molar-refractivity contribution in [2.75, 3.05) is 25.3 Å². The Hall–Kier alpha value is -4.99. The summed E-state index contributed by atoms with van der Waals surface area (Å²) in [5.41, 5.74) is 8.88. The molecule has 0 radical (unpaired) electrons. The predicted molar refractivity (Wildman–Crippen MR) is 151 cm³/mol. The van der Waals surface area contributed by atoms with E-state index in [0.29, 0.717) is 39.4 Å². The fourth-order valence-corrected chi connectivity index (χ4v) is 4.35. The van der Waals surface area contributed by atoms with Gasteiger partial charge in [-0.25, -0.2) is 0 Å². The number of benzene rings is 4. The molecule has 0 spiro atoms. The third kappa shape index (κ3) is 6.43. The first-order valence-corrected chi connectivity index (χ1v) is 12.5. The molecule has 0 aliphatic rings. The second-order valence-electron chi connectivity index (χ2n) is 9.16. The Morgan fingerprint density at radius 3 is 2.12 bits per heavy atom. The van der Waals surface area contributed by atoms with E-state index in [1.54, 1.807) is 55.5 Å². The van der Waals surface area contributed by atoms with Gasteiger partial charge >= 0.3 is 6.18 Å². The van der Waals surface area contributed by atoms with Crippen molar-refractivity contribution in [2.24, 2.45) is 0 Å². The maximum Gasteiger partial charge on any atom is 0.416 e. The maximum atomic E-state index is 13.3. The fourth-order valence-electron chi connectivity index (χ4n) is 4.35. The molecule has 0 unspecified atom stereocenters. The molecule has 0 aliphatic carbocycles. The van der Waals surface area contributed by atoms with Crippen molar-refractivity contribution >= 4 is 23.2 Å². The van der Waals surface area contributed by atoms with E-state index in [2.05, 4.69) is 10.6 Å². The van der Waals surface area contributed by atoms with Gasteiger partial charge in [-0.2, -0.15) is 13.2 Å². The van der Waals surface area contributed by atoms with Gasteiger partial charge in [0, 0.05) is 23.2 Å². The van der Waals surface area contributed by atoms with E-state index in [9.17, 15) is 22.8 Å². The van der Waals surface area contributed by atoms with Crippen molar-refractivity contribution in [3.8, 4) is 22.6 Å². The number of hydrogen-bond acceptors (Lipinski definition) is 5. The first kappa shape index (κ1) is 29.0. The zero-order valence-corrected chi connectivity index (χ0v) is 22.6. The Kier molecular flexibility index (Phi) is 8.51. The lowest BCUT2D eigenvalue weighted by molar-refractivity contribution is -0.137. The third-order valence-corrected chi connectivity index (χ3v) is 6.55. The van der Waals surface area contributed by atoms with Crippen LogP contribution in [-0.4, -0.2) is 26.0 Å². The lowest BCUT2D eigenvalue weighted by Crippen LogP contribution is -2.24. The normalized spacial score (nSPS) is 11.1. The molecule has 212 valence electrons. The summed E-state index contributed by atoms with van der Waals surface area (Å²) in [6.45, 7) is 1.85. The molecule has 4 aromatic carbocycles.